The lowest BCUT2D eigenvalue weighted by Gasteiger charge is -2.26. The smallest absolute Gasteiger partial charge is 0.335 e. The average molecular weight is 759 g/mol. The molecule has 2 aliphatic rings. The highest BCUT2D eigenvalue weighted by Crippen LogP contribution is 2.46. The minimum Gasteiger partial charge on any atom is -0.492 e. The van der Waals surface area contributed by atoms with E-state index in [0.717, 1.165) is 41.7 Å². The molecule has 0 atom stereocenters. The molecule has 0 saturated heterocycles. The molecule has 4 aromatic rings. The van der Waals surface area contributed by atoms with E-state index in [1.165, 1.54) is 36.4 Å². The normalized spacial score (nSPS) is 14.3. The van der Waals surface area contributed by atoms with E-state index in [4.69, 9.17) is 16.3 Å². The van der Waals surface area contributed by atoms with Gasteiger partial charge in [-0.05, 0) is 103 Å². The summed E-state index contributed by atoms with van der Waals surface area (Å²) >= 11 is 6.08. The standard InChI is InChI=1S/C38H35ClF4N2O6S/c1-3-51-31-17-25(38(47)48)11-12-30(31)45(18-21-13-26(22-7-8-22)15-27(14-21)23-9-10-23)32(46)19-52(49,50)44-37-35(42)33(40)28(34(41)36(37)43)16-24-5-4-6-29(39)20(24)2/h4-6,11-15,17,22-23,44H,3,7-10,16,18-19H2,1-2H3,(H,47,48). The van der Waals surface area contributed by atoms with Gasteiger partial charge in [0.15, 0.2) is 23.3 Å². The van der Waals surface area contributed by atoms with Crippen LogP contribution in [0.4, 0.5) is 28.9 Å². The minimum atomic E-state index is -5.02. The van der Waals surface area contributed by atoms with Gasteiger partial charge in [-0.15, -0.1) is 0 Å². The van der Waals surface area contributed by atoms with Crippen LogP contribution in [-0.2, 0) is 27.8 Å². The van der Waals surface area contributed by atoms with Crippen LogP contribution in [-0.4, -0.2) is 37.8 Å². The average Bonchev–Trinajstić information content (AvgIpc) is 4.02. The number of nitrogens with one attached hydrogen (secondary N) is 1. The van der Waals surface area contributed by atoms with E-state index in [2.05, 4.69) is 6.07 Å². The number of carbonyl (C=O) groups is 2. The lowest BCUT2D eigenvalue weighted by atomic mass is 9.99. The Balaban J connectivity index is 1.33. The fraction of sp³-hybridized carbons (Fsp3) is 0.316. The van der Waals surface area contributed by atoms with Gasteiger partial charge in [-0.2, -0.15) is 0 Å². The van der Waals surface area contributed by atoms with E-state index >= 15 is 17.6 Å². The number of halogens is 5. The van der Waals surface area contributed by atoms with Crippen molar-refractivity contribution < 1.29 is 45.4 Å². The third-order valence-corrected chi connectivity index (χ3v) is 10.8. The SMILES string of the molecule is CCOc1cc(C(=O)O)ccc1N(Cc1cc(C2CC2)cc(C2CC2)c1)C(=O)CS(=O)(=O)Nc1c(F)c(F)c(Cc2cccc(Cl)c2C)c(F)c1F. The first kappa shape index (κ1) is 37.1. The Morgan fingerprint density at radius 1 is 0.923 bits per heavy atom. The Hall–Kier alpha value is -4.62. The van der Waals surface area contributed by atoms with Crippen LogP contribution in [0.15, 0.2) is 54.6 Å². The number of ether oxygens (including phenoxy) is 1. The number of hydrogen-bond acceptors (Lipinski definition) is 5. The monoisotopic (exact) mass is 758 g/mol. The van der Waals surface area contributed by atoms with Crippen molar-refractivity contribution in [2.45, 2.75) is 64.3 Å². The van der Waals surface area contributed by atoms with E-state index < -0.39 is 68.6 Å². The van der Waals surface area contributed by atoms with Crippen LogP contribution >= 0.6 is 11.6 Å². The number of benzene rings is 4. The van der Waals surface area contributed by atoms with Crippen LogP contribution in [0.2, 0.25) is 5.02 Å². The Bertz CT molecular complexity index is 2130. The maximum Gasteiger partial charge on any atom is 0.335 e. The van der Waals surface area contributed by atoms with Crippen molar-refractivity contribution >= 4 is 44.9 Å². The molecule has 0 unspecified atom stereocenters. The van der Waals surface area contributed by atoms with Crippen molar-refractivity contribution in [2.75, 3.05) is 22.0 Å². The van der Waals surface area contributed by atoms with Gasteiger partial charge in [0.2, 0.25) is 15.9 Å². The van der Waals surface area contributed by atoms with Crippen LogP contribution in [0, 0.1) is 30.2 Å². The third-order valence-electron chi connectivity index (χ3n) is 9.25. The van der Waals surface area contributed by atoms with E-state index in [-0.39, 0.29) is 40.7 Å². The van der Waals surface area contributed by atoms with Crippen LogP contribution in [0.25, 0.3) is 0 Å². The molecule has 0 heterocycles. The summed E-state index contributed by atoms with van der Waals surface area (Å²) in [7, 11) is -5.02. The molecule has 8 nitrogen and oxygen atoms in total. The molecular formula is C38H35ClF4N2O6S. The van der Waals surface area contributed by atoms with Crippen molar-refractivity contribution in [1.29, 1.82) is 0 Å². The third kappa shape index (κ3) is 8.05. The highest BCUT2D eigenvalue weighted by molar-refractivity contribution is 7.93. The van der Waals surface area contributed by atoms with Gasteiger partial charge in [0, 0.05) is 17.0 Å². The number of sulfonamides is 1. The molecule has 2 fully saturated rings. The summed E-state index contributed by atoms with van der Waals surface area (Å²) in [5.41, 5.74) is 0.902. The highest BCUT2D eigenvalue weighted by atomic mass is 35.5. The van der Waals surface area contributed by atoms with E-state index in [1.807, 2.05) is 12.1 Å². The molecule has 14 heteroatoms. The number of aromatic carboxylic acids is 1. The molecule has 0 aliphatic heterocycles. The van der Waals surface area contributed by atoms with Crippen molar-refractivity contribution in [3.63, 3.8) is 0 Å². The quantitative estimate of drug-likeness (QED) is 0.0984. The van der Waals surface area contributed by atoms with E-state index in [0.29, 0.717) is 23.0 Å². The fourth-order valence-corrected chi connectivity index (χ4v) is 7.40. The Kier molecular flexibility index (Phi) is 10.6. The zero-order chi connectivity index (χ0) is 37.5. The first-order valence-electron chi connectivity index (χ1n) is 16.7. The van der Waals surface area contributed by atoms with Crippen LogP contribution in [0.5, 0.6) is 5.75 Å². The van der Waals surface area contributed by atoms with Gasteiger partial charge in [-0.25, -0.2) is 30.8 Å². The topological polar surface area (TPSA) is 113 Å². The molecule has 0 spiro atoms. The van der Waals surface area contributed by atoms with Gasteiger partial charge >= 0.3 is 5.97 Å². The molecule has 1 amide bonds. The molecule has 6 rings (SSSR count). The van der Waals surface area contributed by atoms with Crippen LogP contribution in [0.3, 0.4) is 0 Å². The molecule has 274 valence electrons. The second-order valence-corrected chi connectivity index (χ2v) is 15.3. The lowest BCUT2D eigenvalue weighted by Crippen LogP contribution is -2.37. The molecule has 0 radical (unpaired) electrons. The van der Waals surface area contributed by atoms with Crippen LogP contribution in [0.1, 0.15) is 88.2 Å². The molecule has 0 aromatic heterocycles. The van der Waals surface area contributed by atoms with E-state index in [1.54, 1.807) is 18.6 Å². The van der Waals surface area contributed by atoms with Gasteiger partial charge in [0.25, 0.3) is 0 Å². The number of nitrogens with zero attached hydrogens (tertiary/aromatic N) is 1. The minimum absolute atomic E-state index is 0.0198. The second kappa shape index (κ2) is 14.8. The number of carboxylic acids is 1. The summed E-state index contributed by atoms with van der Waals surface area (Å²) in [6, 6.07) is 14.3. The molecule has 2 saturated carbocycles. The largest absolute Gasteiger partial charge is 0.492 e. The molecule has 0 bridgehead atoms. The maximum atomic E-state index is 15.3. The fourth-order valence-electron chi connectivity index (χ4n) is 6.16. The van der Waals surface area contributed by atoms with Gasteiger partial charge < -0.3 is 14.7 Å². The summed E-state index contributed by atoms with van der Waals surface area (Å²) in [4.78, 5) is 26.8. The van der Waals surface area contributed by atoms with Crippen molar-refractivity contribution in [3.8, 4) is 5.75 Å². The Morgan fingerprint density at radius 3 is 2.10 bits per heavy atom. The number of hydrogen-bond donors (Lipinski definition) is 2. The van der Waals surface area contributed by atoms with Crippen molar-refractivity contribution in [1.82, 2.24) is 0 Å². The number of amides is 1. The number of carbonyl (C=O) groups excluding carboxylic acids is 1. The Labute approximate surface area is 303 Å². The predicted molar refractivity (Wildman–Crippen MR) is 189 cm³/mol. The maximum absolute atomic E-state index is 15.3. The van der Waals surface area contributed by atoms with E-state index in [9.17, 15) is 23.1 Å². The summed E-state index contributed by atoms with van der Waals surface area (Å²) in [6.07, 6.45) is 3.48. The molecule has 2 N–H and O–H groups in total. The van der Waals surface area contributed by atoms with Crippen molar-refractivity contribution in [3.05, 3.63) is 122 Å². The summed E-state index contributed by atoms with van der Waals surface area (Å²) in [5.74, 6) is -10.6. The first-order chi connectivity index (χ1) is 24.7. The summed E-state index contributed by atoms with van der Waals surface area (Å²) in [6.45, 7) is 3.12. The number of anilines is 2. The van der Waals surface area contributed by atoms with Gasteiger partial charge in [0.05, 0.1) is 24.4 Å². The molecule has 2 aliphatic carbocycles. The summed E-state index contributed by atoms with van der Waals surface area (Å²) in [5, 5.41) is 9.85. The lowest BCUT2D eigenvalue weighted by molar-refractivity contribution is -0.116. The number of rotatable bonds is 14. The summed E-state index contributed by atoms with van der Waals surface area (Å²) < 4.78 is 95.2. The molecular weight excluding hydrogens is 724 g/mol. The van der Waals surface area contributed by atoms with Gasteiger partial charge in [0.1, 0.15) is 17.2 Å². The van der Waals surface area contributed by atoms with Crippen LogP contribution < -0.4 is 14.4 Å². The number of carboxylic acid groups (broad SMARTS) is 1. The molecule has 52 heavy (non-hydrogen) atoms. The first-order valence-corrected chi connectivity index (χ1v) is 18.7. The van der Waals surface area contributed by atoms with Gasteiger partial charge in [-0.1, -0.05) is 41.9 Å². The highest BCUT2D eigenvalue weighted by Gasteiger charge is 2.33. The Morgan fingerprint density at radius 2 is 1.54 bits per heavy atom. The second-order valence-electron chi connectivity index (χ2n) is 13.1. The van der Waals surface area contributed by atoms with Gasteiger partial charge in [-0.3, -0.25) is 9.52 Å². The predicted octanol–water partition coefficient (Wildman–Crippen LogP) is 8.62. The molecule has 4 aromatic carbocycles. The zero-order valence-corrected chi connectivity index (χ0v) is 29.8. The van der Waals surface area contributed by atoms with Crippen molar-refractivity contribution in [2.24, 2.45) is 0 Å². The zero-order valence-electron chi connectivity index (χ0n) is 28.2.